The molecule has 0 aliphatic heterocycles. The number of hydrogen-bond donors (Lipinski definition) is 0. The Bertz CT molecular complexity index is 970. The smallest absolute Gasteiger partial charge is 0.203 e. The third-order valence-corrected chi connectivity index (χ3v) is 6.40. The lowest BCUT2D eigenvalue weighted by atomic mass is 9.83. The number of fused-ring (bicyclic) bond motifs is 3. The number of aromatic nitrogens is 3. The molecule has 0 N–H and O–H groups in total. The summed E-state index contributed by atoms with van der Waals surface area (Å²) in [5.74, 6) is 2.65. The Hall–Kier alpha value is -2.40. The van der Waals surface area contributed by atoms with Gasteiger partial charge in [0, 0.05) is 18.7 Å². The van der Waals surface area contributed by atoms with Crippen LogP contribution in [0.15, 0.2) is 42.6 Å². The van der Waals surface area contributed by atoms with Crippen molar-refractivity contribution in [2.75, 3.05) is 7.11 Å². The number of ether oxygens (including phenoxy) is 2. The third-order valence-electron chi connectivity index (χ3n) is 6.40. The lowest BCUT2D eigenvalue weighted by molar-refractivity contribution is -0.000309. The largest absolute Gasteiger partial charge is 0.453 e. The molecule has 2 heterocycles. The molecule has 0 atom stereocenters. The Morgan fingerprint density at radius 2 is 1.73 bits per heavy atom. The van der Waals surface area contributed by atoms with Gasteiger partial charge in [-0.3, -0.25) is 4.40 Å². The van der Waals surface area contributed by atoms with E-state index in [0.29, 0.717) is 0 Å². The van der Waals surface area contributed by atoms with Gasteiger partial charge in [-0.05, 0) is 62.8 Å². The number of pyridine rings is 1. The Balaban J connectivity index is 1.56. The number of aryl methyl sites for hydroxylation is 1. The summed E-state index contributed by atoms with van der Waals surface area (Å²) >= 11 is 0. The second-order valence-electron chi connectivity index (χ2n) is 7.80. The summed E-state index contributed by atoms with van der Waals surface area (Å²) < 4.78 is 14.1. The van der Waals surface area contributed by atoms with Gasteiger partial charge in [-0.25, -0.2) is 0 Å². The molecular formula is C21H23N3O2. The maximum absolute atomic E-state index is 6.17. The monoisotopic (exact) mass is 349 g/mol. The third kappa shape index (κ3) is 2.20. The number of hydrogen-bond acceptors (Lipinski definition) is 4. The van der Waals surface area contributed by atoms with Crippen LogP contribution in [0.3, 0.4) is 0 Å². The normalized spacial score (nSPS) is 27.3. The summed E-state index contributed by atoms with van der Waals surface area (Å²) in [5.41, 5.74) is 2.00. The number of methoxy groups -OCH3 is 1. The van der Waals surface area contributed by atoms with E-state index < -0.39 is 0 Å². The minimum atomic E-state index is 0.0428. The van der Waals surface area contributed by atoms with Crippen molar-refractivity contribution >= 4 is 5.65 Å². The van der Waals surface area contributed by atoms with Crippen molar-refractivity contribution in [3.8, 4) is 11.5 Å². The molecular weight excluding hydrogens is 326 g/mol. The van der Waals surface area contributed by atoms with Crippen LogP contribution < -0.4 is 4.74 Å². The van der Waals surface area contributed by atoms with E-state index in [9.17, 15) is 0 Å². The first-order chi connectivity index (χ1) is 12.6. The highest BCUT2D eigenvalue weighted by atomic mass is 16.5. The fourth-order valence-electron chi connectivity index (χ4n) is 4.86. The molecule has 3 aromatic rings. The van der Waals surface area contributed by atoms with Gasteiger partial charge in [0.15, 0.2) is 5.75 Å². The molecule has 2 aliphatic rings. The van der Waals surface area contributed by atoms with E-state index in [1.807, 2.05) is 50.4 Å². The quantitative estimate of drug-likeness (QED) is 0.699. The van der Waals surface area contributed by atoms with Crippen LogP contribution in [0.2, 0.25) is 0 Å². The van der Waals surface area contributed by atoms with Gasteiger partial charge < -0.3 is 9.47 Å². The van der Waals surface area contributed by atoms with E-state index in [1.165, 1.54) is 0 Å². The van der Waals surface area contributed by atoms with E-state index in [1.54, 1.807) is 0 Å². The van der Waals surface area contributed by atoms with Crippen LogP contribution in [-0.4, -0.2) is 27.3 Å². The van der Waals surface area contributed by atoms with Crippen LogP contribution in [0.4, 0.5) is 0 Å². The topological polar surface area (TPSA) is 48.7 Å². The summed E-state index contributed by atoms with van der Waals surface area (Å²) in [6, 6.07) is 12.0. The summed E-state index contributed by atoms with van der Waals surface area (Å²) in [6.07, 6.45) is 7.54. The summed E-state index contributed by atoms with van der Waals surface area (Å²) in [6.45, 7) is 2.05. The van der Waals surface area contributed by atoms with Crippen LogP contribution >= 0.6 is 0 Å². The molecule has 0 unspecified atom stereocenters. The first kappa shape index (κ1) is 15.8. The molecule has 0 amide bonds. The van der Waals surface area contributed by atoms with E-state index in [2.05, 4.69) is 20.8 Å². The molecule has 5 rings (SSSR count). The molecule has 0 spiro atoms. The molecule has 2 saturated carbocycles. The molecule has 5 heteroatoms. The van der Waals surface area contributed by atoms with E-state index in [0.717, 1.165) is 60.6 Å². The number of para-hydroxylation sites is 1. The van der Waals surface area contributed by atoms with Gasteiger partial charge >= 0.3 is 0 Å². The SMILES string of the molecule is COC12CCC(c3nnc4c(Oc5ccccc5C)cccn34)(CC1)C2. The molecule has 1 aromatic carbocycles. The minimum Gasteiger partial charge on any atom is -0.453 e. The number of benzene rings is 1. The Kier molecular flexibility index (Phi) is 3.38. The zero-order chi connectivity index (χ0) is 17.8. The highest BCUT2D eigenvalue weighted by Gasteiger charge is 2.57. The number of rotatable bonds is 4. The van der Waals surface area contributed by atoms with Gasteiger partial charge in [-0.1, -0.05) is 18.2 Å². The second-order valence-corrected chi connectivity index (χ2v) is 7.80. The average molecular weight is 349 g/mol. The van der Waals surface area contributed by atoms with Crippen molar-refractivity contribution in [2.24, 2.45) is 0 Å². The molecule has 0 radical (unpaired) electrons. The Labute approximate surface area is 153 Å². The van der Waals surface area contributed by atoms with Crippen molar-refractivity contribution in [2.45, 2.75) is 50.0 Å². The molecule has 5 nitrogen and oxygen atoms in total. The van der Waals surface area contributed by atoms with Gasteiger partial charge in [-0.2, -0.15) is 0 Å². The summed E-state index contributed by atoms with van der Waals surface area (Å²) in [5, 5.41) is 9.11. The van der Waals surface area contributed by atoms with Crippen LogP contribution in [0, 0.1) is 6.92 Å². The van der Waals surface area contributed by atoms with Gasteiger partial charge in [0.1, 0.15) is 11.6 Å². The first-order valence-electron chi connectivity index (χ1n) is 9.28. The summed E-state index contributed by atoms with van der Waals surface area (Å²) in [7, 11) is 1.84. The van der Waals surface area contributed by atoms with E-state index in [4.69, 9.17) is 9.47 Å². The Morgan fingerprint density at radius 1 is 0.962 bits per heavy atom. The molecule has 2 bridgehead atoms. The molecule has 2 fully saturated rings. The van der Waals surface area contributed by atoms with Gasteiger partial charge in [-0.15, -0.1) is 10.2 Å². The fourth-order valence-corrected chi connectivity index (χ4v) is 4.86. The van der Waals surface area contributed by atoms with E-state index in [-0.39, 0.29) is 11.0 Å². The fraction of sp³-hybridized carbons (Fsp3) is 0.429. The van der Waals surface area contributed by atoms with Crippen LogP contribution in [0.25, 0.3) is 5.65 Å². The standard InChI is InChI=1S/C21H23N3O2/c1-15-6-3-4-7-16(15)26-17-8-5-13-24-18(17)22-23-19(24)20-9-11-21(14-20,25-2)12-10-20/h3-8,13H,9-12,14H2,1-2H3. The molecule has 0 saturated heterocycles. The Morgan fingerprint density at radius 3 is 2.46 bits per heavy atom. The maximum atomic E-state index is 6.17. The minimum absolute atomic E-state index is 0.0428. The highest BCUT2D eigenvalue weighted by Crippen LogP contribution is 2.58. The lowest BCUT2D eigenvalue weighted by Crippen LogP contribution is -2.24. The second kappa shape index (κ2) is 5.55. The van der Waals surface area contributed by atoms with Gasteiger partial charge in [0.05, 0.1) is 5.60 Å². The van der Waals surface area contributed by atoms with Crippen molar-refractivity contribution in [1.82, 2.24) is 14.6 Å². The van der Waals surface area contributed by atoms with Crippen LogP contribution in [0.1, 0.15) is 43.5 Å². The molecule has 134 valence electrons. The average Bonchev–Trinajstić information content (AvgIpc) is 3.36. The van der Waals surface area contributed by atoms with E-state index >= 15 is 0 Å². The predicted octanol–water partition coefficient (Wildman–Crippen LogP) is 4.43. The van der Waals surface area contributed by atoms with Crippen molar-refractivity contribution < 1.29 is 9.47 Å². The zero-order valence-electron chi connectivity index (χ0n) is 15.2. The van der Waals surface area contributed by atoms with Crippen molar-refractivity contribution in [3.63, 3.8) is 0 Å². The molecule has 26 heavy (non-hydrogen) atoms. The molecule has 2 aromatic heterocycles. The first-order valence-corrected chi connectivity index (χ1v) is 9.28. The van der Waals surface area contributed by atoms with Crippen LogP contribution in [-0.2, 0) is 10.2 Å². The summed E-state index contributed by atoms with van der Waals surface area (Å²) in [4.78, 5) is 0. The number of nitrogens with zero attached hydrogens (tertiary/aromatic N) is 3. The predicted molar refractivity (Wildman–Crippen MR) is 98.7 cm³/mol. The highest BCUT2D eigenvalue weighted by molar-refractivity contribution is 5.56. The van der Waals surface area contributed by atoms with Crippen molar-refractivity contribution in [1.29, 1.82) is 0 Å². The van der Waals surface area contributed by atoms with Gasteiger partial charge in [0.2, 0.25) is 5.65 Å². The lowest BCUT2D eigenvalue weighted by Gasteiger charge is -2.25. The molecule has 2 aliphatic carbocycles. The van der Waals surface area contributed by atoms with Crippen LogP contribution in [0.5, 0.6) is 11.5 Å². The zero-order valence-corrected chi connectivity index (χ0v) is 15.2. The van der Waals surface area contributed by atoms with Crippen molar-refractivity contribution in [3.05, 3.63) is 54.0 Å². The van der Waals surface area contributed by atoms with Gasteiger partial charge in [0.25, 0.3) is 0 Å². The maximum Gasteiger partial charge on any atom is 0.203 e.